The van der Waals surface area contributed by atoms with Gasteiger partial charge in [0.25, 0.3) is 0 Å². The van der Waals surface area contributed by atoms with Crippen molar-refractivity contribution in [3.8, 4) is 0 Å². The number of benzene rings is 2. The van der Waals surface area contributed by atoms with Gasteiger partial charge in [0, 0.05) is 31.3 Å². The number of hydrogen-bond donors (Lipinski definition) is 3. The van der Waals surface area contributed by atoms with Crippen LogP contribution in [0.3, 0.4) is 0 Å². The minimum absolute atomic E-state index is 0.0940. The summed E-state index contributed by atoms with van der Waals surface area (Å²) in [6.45, 7) is 4.50. The van der Waals surface area contributed by atoms with Gasteiger partial charge in [-0.3, -0.25) is 9.59 Å². The molecule has 0 saturated carbocycles. The third kappa shape index (κ3) is 5.40. The molecule has 0 radical (unpaired) electrons. The molecule has 2 aromatic rings. The van der Waals surface area contributed by atoms with Crippen LogP contribution in [0, 0.1) is 0 Å². The molecule has 3 N–H and O–H groups in total. The fraction of sp³-hybridized carbons (Fsp3) is 0.222. The third-order valence-corrected chi connectivity index (χ3v) is 5.08. The van der Waals surface area contributed by atoms with Crippen LogP contribution < -0.4 is 15.4 Å². The van der Waals surface area contributed by atoms with Crippen LogP contribution in [0.2, 0.25) is 0 Å². The smallest absolute Gasteiger partial charge is 0.241 e. The van der Waals surface area contributed by atoms with E-state index in [1.165, 1.54) is 38.1 Å². The molecule has 7 nitrogen and oxygen atoms in total. The van der Waals surface area contributed by atoms with E-state index >= 15 is 0 Å². The Bertz CT molecular complexity index is 908. The van der Waals surface area contributed by atoms with Crippen LogP contribution in [-0.4, -0.2) is 20.2 Å². The van der Waals surface area contributed by atoms with Crippen LogP contribution in [0.4, 0.5) is 11.4 Å². The van der Waals surface area contributed by atoms with E-state index in [2.05, 4.69) is 15.4 Å². The number of nitrogens with one attached hydrogen (secondary N) is 3. The van der Waals surface area contributed by atoms with E-state index in [0.717, 1.165) is 5.56 Å². The Morgan fingerprint density at radius 1 is 0.885 bits per heavy atom. The Kier molecular flexibility index (Phi) is 6.12. The van der Waals surface area contributed by atoms with Crippen LogP contribution in [-0.2, 0) is 19.6 Å². The van der Waals surface area contributed by atoms with Gasteiger partial charge < -0.3 is 10.6 Å². The van der Waals surface area contributed by atoms with Gasteiger partial charge in [-0.1, -0.05) is 12.1 Å². The summed E-state index contributed by atoms with van der Waals surface area (Å²) in [5, 5.41) is 5.25. The minimum Gasteiger partial charge on any atom is -0.326 e. The fourth-order valence-corrected chi connectivity index (χ4v) is 3.61. The summed E-state index contributed by atoms with van der Waals surface area (Å²) in [6, 6.07) is 12.4. The van der Waals surface area contributed by atoms with Gasteiger partial charge in [-0.15, -0.1) is 0 Å². The highest BCUT2D eigenvalue weighted by atomic mass is 32.2. The van der Waals surface area contributed by atoms with E-state index in [4.69, 9.17) is 0 Å². The predicted molar refractivity (Wildman–Crippen MR) is 100 cm³/mol. The third-order valence-electron chi connectivity index (χ3n) is 3.52. The van der Waals surface area contributed by atoms with Crippen molar-refractivity contribution in [2.24, 2.45) is 0 Å². The highest BCUT2D eigenvalue weighted by Gasteiger charge is 2.18. The van der Waals surface area contributed by atoms with E-state index in [9.17, 15) is 18.0 Å². The van der Waals surface area contributed by atoms with E-state index in [0.29, 0.717) is 11.4 Å². The molecule has 0 heterocycles. The van der Waals surface area contributed by atoms with Crippen LogP contribution in [0.25, 0.3) is 0 Å². The van der Waals surface area contributed by atoms with E-state index in [-0.39, 0.29) is 16.7 Å². The second-order valence-corrected chi connectivity index (χ2v) is 7.57. The van der Waals surface area contributed by atoms with E-state index in [1.54, 1.807) is 31.2 Å². The summed E-state index contributed by atoms with van der Waals surface area (Å²) in [4.78, 5) is 22.3. The van der Waals surface area contributed by atoms with Gasteiger partial charge >= 0.3 is 0 Å². The van der Waals surface area contributed by atoms with Crippen molar-refractivity contribution in [3.63, 3.8) is 0 Å². The van der Waals surface area contributed by atoms with Gasteiger partial charge in [0.15, 0.2) is 0 Å². The summed E-state index contributed by atoms with van der Waals surface area (Å²) in [5.41, 5.74) is 1.84. The topological polar surface area (TPSA) is 104 Å². The molecule has 0 saturated heterocycles. The molecule has 0 aliphatic heterocycles. The molecular weight excluding hydrogens is 354 g/mol. The molecule has 8 heteroatoms. The second-order valence-electron chi connectivity index (χ2n) is 5.86. The first-order valence-corrected chi connectivity index (χ1v) is 9.43. The lowest BCUT2D eigenvalue weighted by atomic mass is 10.1. The quantitative estimate of drug-likeness (QED) is 0.722. The number of anilines is 2. The molecule has 26 heavy (non-hydrogen) atoms. The maximum atomic E-state index is 12.5. The first kappa shape index (κ1) is 19.6. The number of sulfonamides is 1. The van der Waals surface area contributed by atoms with Crippen LogP contribution in [0.5, 0.6) is 0 Å². The SMILES string of the molecule is CC(=O)Nc1ccc(S(=O)(=O)NC(C)c2cccc(NC(C)=O)c2)cc1. The van der Waals surface area contributed by atoms with Gasteiger partial charge in [-0.05, 0) is 48.9 Å². The maximum absolute atomic E-state index is 12.5. The van der Waals surface area contributed by atoms with Gasteiger partial charge in [-0.2, -0.15) is 0 Å². The Morgan fingerprint density at radius 2 is 1.46 bits per heavy atom. The summed E-state index contributed by atoms with van der Waals surface area (Å²) >= 11 is 0. The predicted octanol–water partition coefficient (Wildman–Crippen LogP) is 2.64. The van der Waals surface area contributed by atoms with Crippen molar-refractivity contribution < 1.29 is 18.0 Å². The van der Waals surface area contributed by atoms with Gasteiger partial charge in [0.1, 0.15) is 0 Å². The lowest BCUT2D eigenvalue weighted by Crippen LogP contribution is -2.27. The van der Waals surface area contributed by atoms with Crippen molar-refractivity contribution in [1.82, 2.24) is 4.72 Å². The first-order valence-electron chi connectivity index (χ1n) is 7.95. The van der Waals surface area contributed by atoms with Crippen LogP contribution in [0.1, 0.15) is 32.4 Å². The molecule has 0 aliphatic rings. The first-order chi connectivity index (χ1) is 12.2. The molecule has 2 rings (SSSR count). The van der Waals surface area contributed by atoms with Crippen LogP contribution >= 0.6 is 0 Å². The number of amides is 2. The van der Waals surface area contributed by atoms with Crippen molar-refractivity contribution in [2.45, 2.75) is 31.7 Å². The van der Waals surface area contributed by atoms with Crippen LogP contribution in [0.15, 0.2) is 53.4 Å². The molecule has 1 unspecified atom stereocenters. The molecule has 0 aliphatic carbocycles. The average Bonchev–Trinajstić information content (AvgIpc) is 2.54. The zero-order chi connectivity index (χ0) is 19.3. The summed E-state index contributed by atoms with van der Waals surface area (Å²) in [6.07, 6.45) is 0. The van der Waals surface area contributed by atoms with Crippen molar-refractivity contribution in [1.29, 1.82) is 0 Å². The molecule has 2 aromatic carbocycles. The fourth-order valence-electron chi connectivity index (χ4n) is 2.38. The molecule has 0 aromatic heterocycles. The second kappa shape index (κ2) is 8.11. The van der Waals surface area contributed by atoms with Gasteiger partial charge in [0.05, 0.1) is 4.90 Å². The highest BCUT2D eigenvalue weighted by Crippen LogP contribution is 2.21. The largest absolute Gasteiger partial charge is 0.326 e. The minimum atomic E-state index is -3.74. The monoisotopic (exact) mass is 375 g/mol. The number of hydrogen-bond acceptors (Lipinski definition) is 4. The lowest BCUT2D eigenvalue weighted by molar-refractivity contribution is -0.115. The summed E-state index contributed by atoms with van der Waals surface area (Å²) in [7, 11) is -3.74. The Balaban J connectivity index is 2.15. The molecular formula is C18H21N3O4S. The average molecular weight is 375 g/mol. The summed E-state index contributed by atoms with van der Waals surface area (Å²) < 4.78 is 27.7. The highest BCUT2D eigenvalue weighted by molar-refractivity contribution is 7.89. The Labute approximate surface area is 152 Å². The van der Waals surface area contributed by atoms with E-state index < -0.39 is 16.1 Å². The zero-order valence-corrected chi connectivity index (χ0v) is 15.6. The molecule has 1 atom stereocenters. The zero-order valence-electron chi connectivity index (χ0n) is 14.7. The Morgan fingerprint density at radius 3 is 2.04 bits per heavy atom. The molecule has 2 amide bonds. The number of carbonyl (C=O) groups is 2. The molecule has 138 valence electrons. The van der Waals surface area contributed by atoms with Gasteiger partial charge in [-0.25, -0.2) is 13.1 Å². The summed E-state index contributed by atoms with van der Waals surface area (Å²) in [5.74, 6) is -0.430. The standard InChI is InChI=1S/C18H21N3O4S/c1-12(15-5-4-6-17(11-15)20-14(3)23)21-26(24,25)18-9-7-16(8-10-18)19-13(2)22/h4-12,21H,1-3H3,(H,19,22)(H,20,23). The van der Waals surface area contributed by atoms with Gasteiger partial charge in [0.2, 0.25) is 21.8 Å². The Hall–Kier alpha value is -2.71. The van der Waals surface area contributed by atoms with Crippen molar-refractivity contribution in [3.05, 3.63) is 54.1 Å². The van der Waals surface area contributed by atoms with E-state index in [1.807, 2.05) is 0 Å². The molecule has 0 fully saturated rings. The maximum Gasteiger partial charge on any atom is 0.241 e. The normalized spacial score (nSPS) is 12.3. The van der Waals surface area contributed by atoms with Crippen molar-refractivity contribution >= 4 is 33.2 Å². The molecule has 0 bridgehead atoms. The number of carbonyl (C=O) groups excluding carboxylic acids is 2. The number of rotatable bonds is 6. The molecule has 0 spiro atoms. The van der Waals surface area contributed by atoms with Crippen molar-refractivity contribution in [2.75, 3.05) is 10.6 Å². The lowest BCUT2D eigenvalue weighted by Gasteiger charge is -2.16.